The van der Waals surface area contributed by atoms with Gasteiger partial charge in [0, 0.05) is 0 Å². The Balaban J connectivity index is 6.16. The summed E-state index contributed by atoms with van der Waals surface area (Å²) in [5.41, 5.74) is 0. The highest BCUT2D eigenvalue weighted by atomic mass is 16.4. The van der Waals surface area contributed by atoms with Crippen LogP contribution < -0.4 is 0 Å². The topological polar surface area (TPSA) is 115 Å². The molecule has 7 heteroatoms. The Morgan fingerprint density at radius 3 is 1.31 bits per heavy atom. The van der Waals surface area contributed by atoms with Gasteiger partial charge in [-0.2, -0.15) is 0 Å². The Kier molecular flexibility index (Phi) is 1.79. The van der Waals surface area contributed by atoms with Crippen LogP contribution >= 0.6 is 0 Å². The van der Waals surface area contributed by atoms with E-state index in [1.165, 1.54) is 0 Å². The number of carboxylic acid groups (broad SMARTS) is 3. The van der Waals surface area contributed by atoms with Crippen LogP contribution in [-0.4, -0.2) is 57.6 Å². The molecule has 0 rings (SSSR count). The summed E-state index contributed by atoms with van der Waals surface area (Å²) in [7, 11) is 0. The zero-order valence-corrected chi connectivity index (χ0v) is 6.01. The second-order valence-electron chi connectivity index (χ2n) is 1.59. The number of aliphatic carboxylic acids is 3. The predicted molar refractivity (Wildman–Crippen MR) is 39.3 cm³/mol. The first-order valence-corrected chi connectivity index (χ1v) is 2.70. The zero-order valence-electron chi connectivity index (χ0n) is 12.0. The van der Waals surface area contributed by atoms with Gasteiger partial charge in [0.05, 0.1) is 27.7 Å². The van der Waals surface area contributed by atoms with Gasteiger partial charge in [-0.15, -0.1) is 0 Å². The molecule has 0 heterocycles. The Labute approximate surface area is 81.6 Å². The minimum atomic E-state index is -3.91. The van der Waals surface area contributed by atoms with Crippen molar-refractivity contribution in [1.82, 2.24) is 4.90 Å². The summed E-state index contributed by atoms with van der Waals surface area (Å²) in [5.74, 6) is -7.33. The van der Waals surface area contributed by atoms with Crippen LogP contribution in [0.15, 0.2) is 0 Å². The van der Waals surface area contributed by atoms with Crippen molar-refractivity contribution in [3.8, 4) is 0 Å². The fraction of sp³-hybridized carbons (Fsp3) is 0.500. The minimum Gasteiger partial charge on any atom is -0.480 e. The van der Waals surface area contributed by atoms with E-state index in [2.05, 4.69) is 0 Å². The highest BCUT2D eigenvalue weighted by molar-refractivity contribution is 5.75. The second-order valence-corrected chi connectivity index (χ2v) is 1.59. The van der Waals surface area contributed by atoms with Crippen molar-refractivity contribution in [2.24, 2.45) is 0 Å². The summed E-state index contributed by atoms with van der Waals surface area (Å²) in [6.45, 7) is -11.7. The molecule has 0 aromatic heterocycles. The average molecular weight is 197 g/mol. The van der Waals surface area contributed by atoms with Gasteiger partial charge < -0.3 is 15.3 Å². The van der Waals surface area contributed by atoms with Gasteiger partial charge in [0.1, 0.15) is 0 Å². The molecule has 0 aliphatic rings. The van der Waals surface area contributed by atoms with E-state index in [0.29, 0.717) is 0 Å². The number of hydrogen-bond donors (Lipinski definition) is 3. The van der Waals surface area contributed by atoms with Crippen molar-refractivity contribution >= 4 is 17.9 Å². The van der Waals surface area contributed by atoms with Crippen LogP contribution in [0.1, 0.15) is 8.22 Å². The van der Waals surface area contributed by atoms with Crippen molar-refractivity contribution in [3.63, 3.8) is 0 Å². The molecule has 0 aliphatic heterocycles. The van der Waals surface area contributed by atoms with Crippen LogP contribution in [0.5, 0.6) is 0 Å². The zero-order chi connectivity index (χ0) is 15.8. The van der Waals surface area contributed by atoms with E-state index in [1.807, 2.05) is 0 Å². The fourth-order valence-corrected chi connectivity index (χ4v) is 0.371. The maximum atomic E-state index is 10.7. The molecule has 74 valence electrons. The molecule has 0 aromatic rings. The summed E-state index contributed by atoms with van der Waals surface area (Å²) < 4.78 is 42.1. The summed E-state index contributed by atoms with van der Waals surface area (Å²) >= 11 is 0. The first-order chi connectivity index (χ1) is 8.20. The van der Waals surface area contributed by atoms with Gasteiger partial charge in [-0.25, -0.2) is 0 Å². The fourth-order valence-electron chi connectivity index (χ4n) is 0.371. The van der Waals surface area contributed by atoms with Crippen LogP contribution in [0.4, 0.5) is 0 Å². The molecule has 0 bridgehead atoms. The number of nitrogens with zero attached hydrogens (tertiary/aromatic N) is 1. The summed E-state index contributed by atoms with van der Waals surface area (Å²) in [6.07, 6.45) is 0. The summed E-state index contributed by atoms with van der Waals surface area (Å²) in [6, 6.07) is 0. The quantitative estimate of drug-likeness (QED) is 0.476. The van der Waals surface area contributed by atoms with E-state index in [0.717, 1.165) is 0 Å². The smallest absolute Gasteiger partial charge is 0.317 e. The molecule has 13 heavy (non-hydrogen) atoms. The van der Waals surface area contributed by atoms with Crippen molar-refractivity contribution < 1.29 is 37.9 Å². The molecule has 0 unspecified atom stereocenters. The molecule has 0 amide bonds. The van der Waals surface area contributed by atoms with E-state index >= 15 is 0 Å². The normalized spacial score (nSPS) is 20.1. The molecule has 7 nitrogen and oxygen atoms in total. The molecular weight excluding hydrogens is 182 g/mol. The lowest BCUT2D eigenvalue weighted by Gasteiger charge is -2.14. The molecule has 0 atom stereocenters. The lowest BCUT2D eigenvalue weighted by molar-refractivity contribution is -0.144. The maximum absolute atomic E-state index is 10.7. The first-order valence-electron chi connectivity index (χ1n) is 5.70. The van der Waals surface area contributed by atoms with E-state index in [4.69, 9.17) is 23.5 Å². The number of hydrogen-bond acceptors (Lipinski definition) is 4. The monoisotopic (exact) mass is 197 g/mol. The number of rotatable bonds is 6. The van der Waals surface area contributed by atoms with Crippen LogP contribution in [0.3, 0.4) is 0 Å². The van der Waals surface area contributed by atoms with Crippen molar-refractivity contribution in [1.29, 1.82) is 0 Å². The van der Waals surface area contributed by atoms with Gasteiger partial charge in [-0.3, -0.25) is 19.3 Å². The highest BCUT2D eigenvalue weighted by Crippen LogP contribution is 1.87. The van der Waals surface area contributed by atoms with Crippen LogP contribution in [0.25, 0.3) is 0 Å². The van der Waals surface area contributed by atoms with E-state index < -0.39 is 42.3 Å². The van der Waals surface area contributed by atoms with Gasteiger partial charge in [0.2, 0.25) is 0 Å². The van der Waals surface area contributed by atoms with Crippen molar-refractivity contribution in [2.75, 3.05) is 19.5 Å². The molecule has 0 aromatic carbocycles. The van der Waals surface area contributed by atoms with Crippen LogP contribution in [0, 0.1) is 0 Å². The summed E-state index contributed by atoms with van der Waals surface area (Å²) in [5, 5.41) is 25.7. The van der Waals surface area contributed by atoms with Gasteiger partial charge >= 0.3 is 17.9 Å². The predicted octanol–water partition coefficient (Wildman–Crippen LogP) is -1.46. The van der Waals surface area contributed by atoms with E-state index in [-0.39, 0.29) is 0 Å². The third-order valence-corrected chi connectivity index (χ3v) is 0.622. The number of carboxylic acids is 3. The molecule has 0 fully saturated rings. The van der Waals surface area contributed by atoms with E-state index in [1.54, 1.807) is 0 Å². The van der Waals surface area contributed by atoms with Gasteiger partial charge in [0.25, 0.3) is 0 Å². The maximum Gasteiger partial charge on any atom is 0.317 e. The van der Waals surface area contributed by atoms with E-state index in [9.17, 15) is 14.4 Å². The molecule has 0 spiro atoms. The largest absolute Gasteiger partial charge is 0.480 e. The standard InChI is InChI=1S/C6H9NO6/c8-4(9)1-7(2-5(10)11)3-6(12)13/h1-3H2,(H,8,9)(H,10,11)(H,12,13)/i1D2,2D2,3D2. The van der Waals surface area contributed by atoms with Gasteiger partial charge in [-0.1, -0.05) is 0 Å². The van der Waals surface area contributed by atoms with Gasteiger partial charge in [0.15, 0.2) is 0 Å². The highest BCUT2D eigenvalue weighted by Gasteiger charge is 2.15. The molecule has 0 saturated carbocycles. The lowest BCUT2D eigenvalue weighted by atomic mass is 10.4. The average Bonchev–Trinajstić information content (AvgIpc) is 2.14. The molecule has 0 saturated heterocycles. The second kappa shape index (κ2) is 5.09. The van der Waals surface area contributed by atoms with Crippen LogP contribution in [0.2, 0.25) is 0 Å². The SMILES string of the molecule is [2H]C([2H])(C(=O)O)N(C([2H])([2H])C(=O)O)C([2H])([2H])C(=O)O. The molecule has 0 radical (unpaired) electrons. The third kappa shape index (κ3) is 6.76. The summed E-state index contributed by atoms with van der Waals surface area (Å²) in [4.78, 5) is 31.0. The minimum absolute atomic E-state index is 1.01. The Bertz CT molecular complexity index is 361. The van der Waals surface area contributed by atoms with Crippen molar-refractivity contribution in [2.45, 2.75) is 0 Å². The van der Waals surface area contributed by atoms with Crippen LogP contribution in [-0.2, 0) is 14.4 Å². The molecule has 3 N–H and O–H groups in total. The van der Waals surface area contributed by atoms with Crippen molar-refractivity contribution in [3.05, 3.63) is 0 Å². The molecular formula is C6H9NO6. The Hall–Kier alpha value is -1.63. The number of carbonyl (C=O) groups is 3. The first kappa shape index (κ1) is 4.56. The third-order valence-electron chi connectivity index (χ3n) is 0.622. The Morgan fingerprint density at radius 2 is 1.15 bits per heavy atom. The molecule has 0 aliphatic carbocycles. The lowest BCUT2D eigenvalue weighted by Crippen LogP contribution is -2.38. The van der Waals surface area contributed by atoms with Gasteiger partial charge in [-0.05, 0) is 0 Å². The Morgan fingerprint density at radius 1 is 0.923 bits per heavy atom.